The SMILES string of the molecule is C[C@H]1CN(C(=O)CC2(N3CCOCC3)CCCC2)C[C@H](c2ccccc2)O1. The second kappa shape index (κ2) is 8.29. The Balaban J connectivity index is 1.46. The zero-order valence-electron chi connectivity index (χ0n) is 16.4. The predicted molar refractivity (Wildman–Crippen MR) is 105 cm³/mol. The molecule has 5 nitrogen and oxygen atoms in total. The van der Waals surface area contributed by atoms with E-state index in [1.807, 2.05) is 23.1 Å². The van der Waals surface area contributed by atoms with Gasteiger partial charge in [-0.05, 0) is 25.3 Å². The van der Waals surface area contributed by atoms with E-state index in [4.69, 9.17) is 9.47 Å². The zero-order chi connectivity index (χ0) is 18.7. The Morgan fingerprint density at radius 3 is 2.52 bits per heavy atom. The molecule has 0 radical (unpaired) electrons. The number of hydrogen-bond donors (Lipinski definition) is 0. The molecule has 0 unspecified atom stereocenters. The summed E-state index contributed by atoms with van der Waals surface area (Å²) in [5.74, 6) is 0.291. The summed E-state index contributed by atoms with van der Waals surface area (Å²) < 4.78 is 11.7. The molecule has 2 atom stereocenters. The fourth-order valence-electron chi connectivity index (χ4n) is 5.08. The maximum Gasteiger partial charge on any atom is 0.224 e. The molecule has 1 saturated carbocycles. The van der Waals surface area contributed by atoms with Crippen LogP contribution in [0.5, 0.6) is 0 Å². The van der Waals surface area contributed by atoms with Gasteiger partial charge in [-0.15, -0.1) is 0 Å². The normalized spacial score (nSPS) is 29.0. The molecule has 0 bridgehead atoms. The quantitative estimate of drug-likeness (QED) is 0.815. The molecule has 2 saturated heterocycles. The number of carbonyl (C=O) groups is 1. The van der Waals surface area contributed by atoms with Crippen molar-refractivity contribution in [3.05, 3.63) is 35.9 Å². The summed E-state index contributed by atoms with van der Waals surface area (Å²) in [6.07, 6.45) is 5.42. The van der Waals surface area contributed by atoms with E-state index in [2.05, 4.69) is 24.0 Å². The lowest BCUT2D eigenvalue weighted by molar-refractivity contribution is -0.149. The van der Waals surface area contributed by atoms with Gasteiger partial charge >= 0.3 is 0 Å². The van der Waals surface area contributed by atoms with Crippen molar-refractivity contribution < 1.29 is 14.3 Å². The number of ether oxygens (including phenoxy) is 2. The van der Waals surface area contributed by atoms with Crippen molar-refractivity contribution in [2.24, 2.45) is 0 Å². The van der Waals surface area contributed by atoms with Gasteiger partial charge in [0.1, 0.15) is 6.10 Å². The highest BCUT2D eigenvalue weighted by Gasteiger charge is 2.43. The van der Waals surface area contributed by atoms with Gasteiger partial charge in [0.25, 0.3) is 0 Å². The molecule has 1 aromatic rings. The average Bonchev–Trinajstić information content (AvgIpc) is 3.18. The molecule has 5 heteroatoms. The first-order valence-electron chi connectivity index (χ1n) is 10.5. The van der Waals surface area contributed by atoms with Crippen LogP contribution >= 0.6 is 0 Å². The number of amides is 1. The van der Waals surface area contributed by atoms with Crippen LogP contribution in [-0.4, -0.2) is 66.7 Å². The van der Waals surface area contributed by atoms with E-state index in [9.17, 15) is 4.79 Å². The summed E-state index contributed by atoms with van der Waals surface area (Å²) >= 11 is 0. The molecule has 1 aromatic carbocycles. The molecule has 3 aliphatic rings. The van der Waals surface area contributed by atoms with Crippen LogP contribution in [-0.2, 0) is 14.3 Å². The van der Waals surface area contributed by atoms with Crippen LogP contribution in [0, 0.1) is 0 Å². The van der Waals surface area contributed by atoms with E-state index in [1.54, 1.807) is 0 Å². The molecule has 0 aromatic heterocycles. The highest BCUT2D eigenvalue weighted by Crippen LogP contribution is 2.39. The molecule has 27 heavy (non-hydrogen) atoms. The van der Waals surface area contributed by atoms with E-state index in [0.717, 1.165) is 44.7 Å². The number of hydrogen-bond acceptors (Lipinski definition) is 4. The monoisotopic (exact) mass is 372 g/mol. The molecule has 0 spiro atoms. The van der Waals surface area contributed by atoms with E-state index in [1.165, 1.54) is 12.8 Å². The van der Waals surface area contributed by atoms with E-state index >= 15 is 0 Å². The highest BCUT2D eigenvalue weighted by molar-refractivity contribution is 5.77. The second-order valence-corrected chi connectivity index (χ2v) is 8.35. The molecular weight excluding hydrogens is 340 g/mol. The molecule has 2 heterocycles. The first-order chi connectivity index (χ1) is 13.2. The Morgan fingerprint density at radius 1 is 1.11 bits per heavy atom. The molecule has 148 valence electrons. The first kappa shape index (κ1) is 18.9. The van der Waals surface area contributed by atoms with Gasteiger partial charge in [0.2, 0.25) is 5.91 Å². The number of nitrogens with zero attached hydrogens (tertiary/aromatic N) is 2. The van der Waals surface area contributed by atoms with Crippen LogP contribution in [0.15, 0.2) is 30.3 Å². The summed E-state index contributed by atoms with van der Waals surface area (Å²) in [6, 6.07) is 10.3. The number of morpholine rings is 2. The zero-order valence-corrected chi connectivity index (χ0v) is 16.4. The Labute approximate surface area is 162 Å². The van der Waals surface area contributed by atoms with E-state index in [0.29, 0.717) is 25.4 Å². The average molecular weight is 373 g/mol. The third-order valence-corrected chi connectivity index (χ3v) is 6.48. The number of benzene rings is 1. The van der Waals surface area contributed by atoms with E-state index < -0.39 is 0 Å². The molecule has 4 rings (SSSR count). The minimum Gasteiger partial charge on any atom is -0.379 e. The Hall–Kier alpha value is -1.43. The highest BCUT2D eigenvalue weighted by atomic mass is 16.5. The molecular formula is C22H32N2O3. The topological polar surface area (TPSA) is 42.0 Å². The van der Waals surface area contributed by atoms with Crippen molar-refractivity contribution in [3.63, 3.8) is 0 Å². The minimum atomic E-state index is -0.0261. The molecule has 0 N–H and O–H groups in total. The van der Waals surface area contributed by atoms with Gasteiger partial charge in [-0.25, -0.2) is 0 Å². The molecule has 3 fully saturated rings. The summed E-state index contributed by atoms with van der Waals surface area (Å²) in [4.78, 5) is 17.9. The lowest BCUT2D eigenvalue weighted by atomic mass is 9.89. The van der Waals surface area contributed by atoms with Crippen molar-refractivity contribution >= 4 is 5.91 Å². The molecule has 1 aliphatic carbocycles. The van der Waals surface area contributed by atoms with Crippen molar-refractivity contribution in [1.29, 1.82) is 0 Å². The summed E-state index contributed by atoms with van der Waals surface area (Å²) in [7, 11) is 0. The minimum absolute atomic E-state index is 0.0261. The summed E-state index contributed by atoms with van der Waals surface area (Å²) in [6.45, 7) is 6.93. The van der Waals surface area contributed by atoms with Gasteiger partial charge < -0.3 is 14.4 Å². The van der Waals surface area contributed by atoms with Gasteiger partial charge in [0.15, 0.2) is 0 Å². The smallest absolute Gasteiger partial charge is 0.224 e. The van der Waals surface area contributed by atoms with Crippen LogP contribution in [0.4, 0.5) is 0 Å². The van der Waals surface area contributed by atoms with E-state index in [-0.39, 0.29) is 17.7 Å². The third kappa shape index (κ3) is 4.20. The first-order valence-corrected chi connectivity index (χ1v) is 10.5. The fourth-order valence-corrected chi connectivity index (χ4v) is 5.08. The van der Waals surface area contributed by atoms with Crippen LogP contribution in [0.1, 0.15) is 50.7 Å². The standard InChI is InChI=1S/C22H32N2O3/c1-18-16-23(17-20(27-18)19-7-3-2-4-8-19)21(25)15-22(9-5-6-10-22)24-11-13-26-14-12-24/h2-4,7-8,18,20H,5-6,9-17H2,1H3/t18-,20+/m0/s1. The van der Waals surface area contributed by atoms with Gasteiger partial charge in [-0.1, -0.05) is 43.2 Å². The van der Waals surface area contributed by atoms with Gasteiger partial charge in [-0.2, -0.15) is 0 Å². The maximum atomic E-state index is 13.3. The molecule has 2 aliphatic heterocycles. The van der Waals surface area contributed by atoms with Crippen LogP contribution in [0.25, 0.3) is 0 Å². The third-order valence-electron chi connectivity index (χ3n) is 6.48. The Bertz CT molecular complexity index is 624. The number of carbonyl (C=O) groups excluding carboxylic acids is 1. The summed E-state index contributed by atoms with van der Waals surface area (Å²) in [5, 5.41) is 0. The van der Waals surface area contributed by atoms with Crippen molar-refractivity contribution in [2.75, 3.05) is 39.4 Å². The van der Waals surface area contributed by atoms with Crippen molar-refractivity contribution in [2.45, 2.75) is 56.8 Å². The number of rotatable bonds is 4. The fraction of sp³-hybridized carbons (Fsp3) is 0.682. The van der Waals surface area contributed by atoms with Crippen LogP contribution < -0.4 is 0 Å². The van der Waals surface area contributed by atoms with Crippen LogP contribution in [0.2, 0.25) is 0 Å². The second-order valence-electron chi connectivity index (χ2n) is 8.35. The lowest BCUT2D eigenvalue weighted by Crippen LogP contribution is -2.55. The molecule has 1 amide bonds. The largest absolute Gasteiger partial charge is 0.379 e. The van der Waals surface area contributed by atoms with Crippen molar-refractivity contribution in [1.82, 2.24) is 9.80 Å². The summed E-state index contributed by atoms with van der Waals surface area (Å²) in [5.41, 5.74) is 1.20. The maximum absolute atomic E-state index is 13.3. The Morgan fingerprint density at radius 2 is 1.81 bits per heavy atom. The van der Waals surface area contributed by atoms with Gasteiger partial charge in [0.05, 0.1) is 25.9 Å². The van der Waals surface area contributed by atoms with Crippen LogP contribution in [0.3, 0.4) is 0 Å². The Kier molecular flexibility index (Phi) is 5.81. The lowest BCUT2D eigenvalue weighted by Gasteiger charge is -2.45. The van der Waals surface area contributed by atoms with Crippen molar-refractivity contribution in [3.8, 4) is 0 Å². The van der Waals surface area contributed by atoms with Gasteiger partial charge in [0, 0.05) is 31.6 Å². The van der Waals surface area contributed by atoms with Gasteiger partial charge in [-0.3, -0.25) is 9.69 Å². The predicted octanol–water partition coefficient (Wildman–Crippen LogP) is 3.01.